The molecule has 152 valence electrons. The second kappa shape index (κ2) is 9.46. The molecule has 0 radical (unpaired) electrons. The molecule has 0 unspecified atom stereocenters. The highest BCUT2D eigenvalue weighted by molar-refractivity contribution is 14.0. The van der Waals surface area contributed by atoms with E-state index >= 15 is 0 Å². The van der Waals surface area contributed by atoms with Crippen molar-refractivity contribution in [2.75, 3.05) is 20.1 Å². The number of nitrogens with one attached hydrogen (secondary N) is 2. The summed E-state index contributed by atoms with van der Waals surface area (Å²) in [6.07, 6.45) is 1.22. The quantitative estimate of drug-likeness (QED) is 0.360. The number of hydrogen-bond acceptors (Lipinski definition) is 5. The van der Waals surface area contributed by atoms with Crippen LogP contribution in [0.4, 0.5) is 0 Å². The Labute approximate surface area is 182 Å². The molecule has 28 heavy (non-hydrogen) atoms. The zero-order valence-corrected chi connectivity index (χ0v) is 19.1. The molecule has 0 saturated heterocycles. The van der Waals surface area contributed by atoms with Crippen LogP contribution in [0.15, 0.2) is 46.3 Å². The molecule has 0 atom stereocenters. The molecule has 7 nitrogen and oxygen atoms in total. The first-order valence-corrected chi connectivity index (χ1v) is 10.4. The summed E-state index contributed by atoms with van der Waals surface area (Å²) in [6.45, 7) is 3.17. The third-order valence-corrected chi connectivity index (χ3v) is 5.48. The molecule has 0 amide bonds. The van der Waals surface area contributed by atoms with E-state index in [1.54, 1.807) is 20.0 Å². The number of halogens is 1. The molecule has 2 aromatic carbocycles. The first-order chi connectivity index (χ1) is 12.9. The van der Waals surface area contributed by atoms with Gasteiger partial charge in [-0.25, -0.2) is 8.42 Å². The predicted octanol–water partition coefficient (Wildman–Crippen LogP) is 2.61. The molecule has 1 aliphatic heterocycles. The van der Waals surface area contributed by atoms with E-state index in [9.17, 15) is 8.42 Å². The average Bonchev–Trinajstić information content (AvgIpc) is 3.08. The molecular weight excluding hydrogens is 493 g/mol. The molecule has 0 aromatic heterocycles. The summed E-state index contributed by atoms with van der Waals surface area (Å²) < 4.78 is 34.1. The van der Waals surface area contributed by atoms with E-state index in [4.69, 9.17) is 9.47 Å². The van der Waals surface area contributed by atoms with Gasteiger partial charge in [-0.3, -0.25) is 4.99 Å². The van der Waals surface area contributed by atoms with Gasteiger partial charge in [-0.05, 0) is 41.8 Å². The number of rotatable bonds is 5. The molecule has 0 fully saturated rings. The summed E-state index contributed by atoms with van der Waals surface area (Å²) in [5, 5.41) is 6.47. The molecule has 9 heteroatoms. The molecule has 1 heterocycles. The third-order valence-electron chi connectivity index (χ3n) is 4.22. The summed E-state index contributed by atoms with van der Waals surface area (Å²) in [6, 6.07) is 11.1. The van der Waals surface area contributed by atoms with Gasteiger partial charge in [0.25, 0.3) is 0 Å². The van der Waals surface area contributed by atoms with Gasteiger partial charge in [0.2, 0.25) is 6.79 Å². The number of hydrogen-bond donors (Lipinski definition) is 2. The highest BCUT2D eigenvalue weighted by atomic mass is 127. The Hall–Kier alpha value is -2.01. The maximum Gasteiger partial charge on any atom is 0.231 e. The molecule has 0 aliphatic carbocycles. The van der Waals surface area contributed by atoms with Gasteiger partial charge in [0, 0.05) is 26.4 Å². The zero-order chi connectivity index (χ0) is 19.4. The minimum absolute atomic E-state index is 0. The van der Waals surface area contributed by atoms with Crippen LogP contribution >= 0.6 is 24.0 Å². The van der Waals surface area contributed by atoms with Crippen LogP contribution in [0.25, 0.3) is 0 Å². The number of aliphatic imine (C=N–C) groups is 1. The van der Waals surface area contributed by atoms with E-state index in [2.05, 4.69) is 15.6 Å². The number of nitrogens with zero attached hydrogens (tertiary/aromatic N) is 1. The Bertz CT molecular complexity index is 977. The summed E-state index contributed by atoms with van der Waals surface area (Å²) in [5.74, 6) is 2.16. The van der Waals surface area contributed by atoms with Crippen molar-refractivity contribution in [2.24, 2.45) is 4.99 Å². The Balaban J connectivity index is 0.00000280. The number of guanidine groups is 1. The van der Waals surface area contributed by atoms with Crippen LogP contribution in [-0.4, -0.2) is 34.5 Å². The van der Waals surface area contributed by atoms with Crippen molar-refractivity contribution >= 4 is 39.8 Å². The third kappa shape index (κ3) is 5.51. The molecular formula is C19H24IN3O4S. The van der Waals surface area contributed by atoms with Gasteiger partial charge in [0.1, 0.15) is 0 Å². The lowest BCUT2D eigenvalue weighted by Gasteiger charge is -2.13. The van der Waals surface area contributed by atoms with E-state index < -0.39 is 9.84 Å². The minimum Gasteiger partial charge on any atom is -0.454 e. The first kappa shape index (κ1) is 22.3. The Morgan fingerprint density at radius 1 is 1.04 bits per heavy atom. The van der Waals surface area contributed by atoms with E-state index in [-0.39, 0.29) is 30.8 Å². The summed E-state index contributed by atoms with van der Waals surface area (Å²) in [4.78, 5) is 4.57. The molecule has 0 spiro atoms. The van der Waals surface area contributed by atoms with Crippen molar-refractivity contribution in [3.05, 3.63) is 53.1 Å². The van der Waals surface area contributed by atoms with Gasteiger partial charge in [0.05, 0.1) is 4.90 Å². The lowest BCUT2D eigenvalue weighted by Crippen LogP contribution is -2.36. The number of ether oxygens (including phenoxy) is 2. The van der Waals surface area contributed by atoms with Crippen LogP contribution in [-0.2, 0) is 22.9 Å². The van der Waals surface area contributed by atoms with Crippen molar-refractivity contribution in [1.82, 2.24) is 10.6 Å². The van der Waals surface area contributed by atoms with Gasteiger partial charge in [-0.15, -0.1) is 24.0 Å². The van der Waals surface area contributed by atoms with Gasteiger partial charge < -0.3 is 20.1 Å². The van der Waals surface area contributed by atoms with Crippen molar-refractivity contribution < 1.29 is 17.9 Å². The SMILES string of the molecule is CN=C(NCc1ccc(S(C)(=O)=O)c(C)c1)NCc1ccc2c(c1)OCO2.I. The van der Waals surface area contributed by atoms with Crippen LogP contribution in [0.1, 0.15) is 16.7 Å². The maximum absolute atomic E-state index is 11.7. The highest BCUT2D eigenvalue weighted by Gasteiger charge is 2.13. The lowest BCUT2D eigenvalue weighted by atomic mass is 10.1. The summed E-state index contributed by atoms with van der Waals surface area (Å²) in [7, 11) is -1.50. The van der Waals surface area contributed by atoms with Crippen molar-refractivity contribution in [3.63, 3.8) is 0 Å². The van der Waals surface area contributed by atoms with E-state index in [0.29, 0.717) is 23.9 Å². The fourth-order valence-electron chi connectivity index (χ4n) is 2.88. The summed E-state index contributed by atoms with van der Waals surface area (Å²) >= 11 is 0. The molecule has 3 rings (SSSR count). The zero-order valence-electron chi connectivity index (χ0n) is 16.0. The lowest BCUT2D eigenvalue weighted by molar-refractivity contribution is 0.174. The minimum atomic E-state index is -3.21. The van der Waals surface area contributed by atoms with Gasteiger partial charge in [0.15, 0.2) is 27.3 Å². The number of benzene rings is 2. The van der Waals surface area contributed by atoms with Crippen molar-refractivity contribution in [3.8, 4) is 11.5 Å². The Kier molecular flexibility index (Phi) is 7.53. The predicted molar refractivity (Wildman–Crippen MR) is 119 cm³/mol. The van der Waals surface area contributed by atoms with Crippen LogP contribution in [0.3, 0.4) is 0 Å². The van der Waals surface area contributed by atoms with Crippen LogP contribution in [0, 0.1) is 6.92 Å². The summed E-state index contributed by atoms with van der Waals surface area (Å²) in [5.41, 5.74) is 2.77. The largest absolute Gasteiger partial charge is 0.454 e. The topological polar surface area (TPSA) is 89.0 Å². The molecule has 2 N–H and O–H groups in total. The molecule has 2 aromatic rings. The van der Waals surface area contributed by atoms with Crippen molar-refractivity contribution in [1.29, 1.82) is 0 Å². The fraction of sp³-hybridized carbons (Fsp3) is 0.316. The van der Waals surface area contributed by atoms with E-state index in [1.807, 2.05) is 30.3 Å². The van der Waals surface area contributed by atoms with Gasteiger partial charge in [-0.2, -0.15) is 0 Å². The first-order valence-electron chi connectivity index (χ1n) is 8.49. The Morgan fingerprint density at radius 3 is 2.25 bits per heavy atom. The van der Waals surface area contributed by atoms with E-state index in [0.717, 1.165) is 28.2 Å². The maximum atomic E-state index is 11.7. The van der Waals surface area contributed by atoms with Gasteiger partial charge >= 0.3 is 0 Å². The number of aryl methyl sites for hydroxylation is 1. The molecule has 0 bridgehead atoms. The monoisotopic (exact) mass is 517 g/mol. The fourth-order valence-corrected chi connectivity index (χ4v) is 3.84. The second-order valence-corrected chi connectivity index (χ2v) is 8.32. The Morgan fingerprint density at radius 2 is 1.64 bits per heavy atom. The standard InChI is InChI=1S/C19H23N3O4S.HI/c1-13-8-14(5-7-18(13)27(3,23)24)10-21-19(20-2)22-11-15-4-6-16-17(9-15)26-12-25-16;/h4-9H,10-12H2,1-3H3,(H2,20,21,22);1H. The number of fused-ring (bicyclic) bond motifs is 1. The van der Waals surface area contributed by atoms with Crippen LogP contribution < -0.4 is 20.1 Å². The average molecular weight is 517 g/mol. The van der Waals surface area contributed by atoms with Crippen molar-refractivity contribution in [2.45, 2.75) is 24.9 Å². The number of sulfone groups is 1. The normalized spacial score (nSPS) is 13.0. The molecule has 0 saturated carbocycles. The van der Waals surface area contributed by atoms with Gasteiger partial charge in [-0.1, -0.05) is 18.2 Å². The highest BCUT2D eigenvalue weighted by Crippen LogP contribution is 2.32. The smallest absolute Gasteiger partial charge is 0.231 e. The second-order valence-electron chi connectivity index (χ2n) is 6.34. The van der Waals surface area contributed by atoms with Crippen LogP contribution in [0.2, 0.25) is 0 Å². The van der Waals surface area contributed by atoms with Crippen LogP contribution in [0.5, 0.6) is 11.5 Å². The molecule has 1 aliphatic rings. The van der Waals surface area contributed by atoms with E-state index in [1.165, 1.54) is 6.26 Å².